The molecular weight excluding hydrogens is 434 g/mol. The van der Waals surface area contributed by atoms with Crippen LogP contribution in [-0.4, -0.2) is 25.0 Å². The minimum atomic E-state index is -0.699. The Morgan fingerprint density at radius 3 is 2.59 bits per heavy atom. The Labute approximate surface area is 183 Å². The van der Waals surface area contributed by atoms with Gasteiger partial charge in [-0.3, -0.25) is 0 Å². The van der Waals surface area contributed by atoms with Gasteiger partial charge in [0.15, 0.2) is 0 Å². The average Bonchev–Trinajstić information content (AvgIpc) is 3.33. The second-order valence-electron chi connectivity index (χ2n) is 7.17. The summed E-state index contributed by atoms with van der Waals surface area (Å²) in [7, 11) is 0. The molecule has 0 amide bonds. The van der Waals surface area contributed by atoms with Gasteiger partial charge in [0.25, 0.3) is 0 Å². The Hall–Kier alpha value is -4.18. The van der Waals surface area contributed by atoms with Crippen LogP contribution in [0.1, 0.15) is 11.5 Å². The summed E-state index contributed by atoms with van der Waals surface area (Å²) in [6.07, 6.45) is 0. The molecule has 0 fully saturated rings. The van der Waals surface area contributed by atoms with Crippen molar-refractivity contribution in [3.63, 3.8) is 0 Å². The van der Waals surface area contributed by atoms with Crippen LogP contribution in [0.15, 0.2) is 60.2 Å². The Morgan fingerprint density at radius 2 is 1.81 bits per heavy atom. The first-order chi connectivity index (χ1) is 15.3. The molecule has 0 radical (unpaired) electrons. The molecule has 0 aliphatic heterocycles. The number of aromatic hydroxyl groups is 2. The van der Waals surface area contributed by atoms with Crippen molar-refractivity contribution >= 4 is 22.3 Å². The molecule has 0 aliphatic rings. The fourth-order valence-electron chi connectivity index (χ4n) is 3.42. The molecule has 32 heavy (non-hydrogen) atoms. The second kappa shape index (κ2) is 7.20. The van der Waals surface area contributed by atoms with E-state index in [0.717, 1.165) is 0 Å². The molecule has 4 aromatic heterocycles. The number of hydrogen-bond acceptors (Lipinski definition) is 9. The molecule has 2 N–H and O–H groups in total. The van der Waals surface area contributed by atoms with Crippen LogP contribution in [-0.2, 0) is 0 Å². The standard InChI is InChI=1S/C22H15N3O6S/c1-10-5-16(14-7-12-3-4-13(26)8-18(12)31-20(14)28)25(24-10)22-23-15(9-32-22)19-17(27)6-11(2)30-21(19)29/h3-9,26-27H,1-2H3. The van der Waals surface area contributed by atoms with Crippen molar-refractivity contribution < 1.29 is 19.0 Å². The van der Waals surface area contributed by atoms with E-state index >= 15 is 0 Å². The first kappa shape index (κ1) is 19.8. The van der Waals surface area contributed by atoms with E-state index in [1.54, 1.807) is 37.4 Å². The third kappa shape index (κ3) is 3.26. The molecule has 9 nitrogen and oxygen atoms in total. The summed E-state index contributed by atoms with van der Waals surface area (Å²) in [6.45, 7) is 3.34. The third-order valence-corrected chi connectivity index (χ3v) is 5.63. The van der Waals surface area contributed by atoms with Crippen molar-refractivity contribution in [2.45, 2.75) is 13.8 Å². The van der Waals surface area contributed by atoms with Crippen molar-refractivity contribution in [3.05, 3.63) is 74.1 Å². The van der Waals surface area contributed by atoms with Gasteiger partial charge in [0.05, 0.1) is 22.6 Å². The lowest BCUT2D eigenvalue weighted by atomic mass is 10.1. The SMILES string of the molecule is Cc1cc(-c2cc3ccc(O)cc3oc2=O)n(-c2nc(-c3c(O)cc(C)oc3=O)cs2)n1. The summed E-state index contributed by atoms with van der Waals surface area (Å²) in [6, 6.07) is 9.24. The molecule has 0 bridgehead atoms. The number of fused-ring (bicyclic) bond motifs is 1. The molecule has 0 atom stereocenters. The first-order valence-electron chi connectivity index (χ1n) is 9.44. The van der Waals surface area contributed by atoms with Crippen LogP contribution < -0.4 is 11.3 Å². The zero-order valence-electron chi connectivity index (χ0n) is 16.8. The summed E-state index contributed by atoms with van der Waals surface area (Å²) in [5, 5.41) is 26.9. The van der Waals surface area contributed by atoms with E-state index in [9.17, 15) is 19.8 Å². The molecule has 0 saturated carbocycles. The highest BCUT2D eigenvalue weighted by atomic mass is 32.1. The molecule has 0 aliphatic carbocycles. The van der Waals surface area contributed by atoms with E-state index in [2.05, 4.69) is 10.1 Å². The average molecular weight is 449 g/mol. The maximum absolute atomic E-state index is 12.7. The molecule has 10 heteroatoms. The number of aryl methyl sites for hydroxylation is 2. The highest BCUT2D eigenvalue weighted by Gasteiger charge is 2.20. The lowest BCUT2D eigenvalue weighted by Crippen LogP contribution is -2.08. The lowest BCUT2D eigenvalue weighted by molar-refractivity contribution is 0.438. The van der Waals surface area contributed by atoms with Gasteiger partial charge in [-0.15, -0.1) is 11.3 Å². The predicted molar refractivity (Wildman–Crippen MR) is 117 cm³/mol. The molecule has 1 aromatic carbocycles. The Bertz CT molecular complexity index is 1630. The molecular formula is C22H15N3O6S. The quantitative estimate of drug-likeness (QED) is 0.398. The monoisotopic (exact) mass is 449 g/mol. The zero-order chi connectivity index (χ0) is 22.6. The van der Waals surface area contributed by atoms with E-state index in [-0.39, 0.29) is 39.7 Å². The van der Waals surface area contributed by atoms with Gasteiger partial charge >= 0.3 is 11.3 Å². The fraction of sp³-hybridized carbons (Fsp3) is 0.0909. The van der Waals surface area contributed by atoms with Crippen LogP contribution in [0.25, 0.3) is 38.6 Å². The van der Waals surface area contributed by atoms with Gasteiger partial charge in [-0.2, -0.15) is 5.10 Å². The number of benzene rings is 1. The number of nitrogens with zero attached hydrogens (tertiary/aromatic N) is 3. The molecule has 160 valence electrons. The summed E-state index contributed by atoms with van der Waals surface area (Å²) in [4.78, 5) is 29.4. The first-order valence-corrected chi connectivity index (χ1v) is 10.3. The minimum absolute atomic E-state index is 0.00608. The Kier molecular flexibility index (Phi) is 4.45. The number of hydrogen-bond donors (Lipinski definition) is 2. The van der Waals surface area contributed by atoms with Gasteiger partial charge in [0, 0.05) is 22.9 Å². The molecule has 0 saturated heterocycles. The lowest BCUT2D eigenvalue weighted by Gasteiger charge is -2.05. The molecule has 4 heterocycles. The zero-order valence-corrected chi connectivity index (χ0v) is 17.6. The smallest absolute Gasteiger partial charge is 0.349 e. The summed E-state index contributed by atoms with van der Waals surface area (Å²) in [5.74, 6) is 0.0485. The van der Waals surface area contributed by atoms with Crippen LogP contribution in [0, 0.1) is 13.8 Å². The number of rotatable bonds is 3. The van der Waals surface area contributed by atoms with Crippen molar-refractivity contribution in [2.24, 2.45) is 0 Å². The van der Waals surface area contributed by atoms with Crippen LogP contribution >= 0.6 is 11.3 Å². The van der Waals surface area contributed by atoms with Crippen molar-refractivity contribution in [2.75, 3.05) is 0 Å². The van der Waals surface area contributed by atoms with Crippen LogP contribution in [0.5, 0.6) is 11.5 Å². The Morgan fingerprint density at radius 1 is 1.00 bits per heavy atom. The number of phenolic OH excluding ortho intramolecular Hbond substituents is 1. The van der Waals surface area contributed by atoms with Gasteiger partial charge < -0.3 is 19.0 Å². The van der Waals surface area contributed by atoms with Crippen molar-refractivity contribution in [3.8, 4) is 39.1 Å². The number of aromatic nitrogens is 3. The maximum atomic E-state index is 12.7. The van der Waals surface area contributed by atoms with Gasteiger partial charge in [0.1, 0.15) is 28.4 Å². The summed E-state index contributed by atoms with van der Waals surface area (Å²) < 4.78 is 11.9. The predicted octanol–water partition coefficient (Wildman–Crippen LogP) is 3.75. The highest BCUT2D eigenvalue weighted by Crippen LogP contribution is 2.31. The maximum Gasteiger partial charge on any atom is 0.349 e. The highest BCUT2D eigenvalue weighted by molar-refractivity contribution is 7.12. The Balaban J connectivity index is 1.66. The summed E-state index contributed by atoms with van der Waals surface area (Å²) in [5.41, 5.74) is 0.502. The van der Waals surface area contributed by atoms with E-state index in [1.807, 2.05) is 0 Å². The minimum Gasteiger partial charge on any atom is -0.508 e. The largest absolute Gasteiger partial charge is 0.508 e. The van der Waals surface area contributed by atoms with Crippen LogP contribution in [0.2, 0.25) is 0 Å². The van der Waals surface area contributed by atoms with Gasteiger partial charge in [-0.25, -0.2) is 19.3 Å². The van der Waals surface area contributed by atoms with Gasteiger partial charge in [-0.05, 0) is 38.1 Å². The molecule has 5 aromatic rings. The van der Waals surface area contributed by atoms with E-state index in [0.29, 0.717) is 21.9 Å². The van der Waals surface area contributed by atoms with E-state index in [4.69, 9.17) is 8.83 Å². The van der Waals surface area contributed by atoms with Crippen molar-refractivity contribution in [1.29, 1.82) is 0 Å². The second-order valence-corrected chi connectivity index (χ2v) is 8.01. The van der Waals surface area contributed by atoms with Gasteiger partial charge in [-0.1, -0.05) is 0 Å². The molecule has 0 spiro atoms. The number of thiazole rings is 1. The molecule has 0 unspecified atom stereocenters. The van der Waals surface area contributed by atoms with Gasteiger partial charge in [0.2, 0.25) is 5.13 Å². The third-order valence-electron chi connectivity index (χ3n) is 4.81. The topological polar surface area (TPSA) is 132 Å². The normalized spacial score (nSPS) is 11.3. The van der Waals surface area contributed by atoms with Crippen LogP contribution in [0.4, 0.5) is 0 Å². The summed E-state index contributed by atoms with van der Waals surface area (Å²) >= 11 is 1.18. The van der Waals surface area contributed by atoms with E-state index in [1.165, 1.54) is 34.2 Å². The van der Waals surface area contributed by atoms with E-state index < -0.39 is 11.3 Å². The molecule has 5 rings (SSSR count). The fourth-order valence-corrected chi connectivity index (χ4v) is 4.20. The number of phenols is 1. The van der Waals surface area contributed by atoms with Crippen LogP contribution in [0.3, 0.4) is 0 Å². The van der Waals surface area contributed by atoms with Crippen molar-refractivity contribution in [1.82, 2.24) is 14.8 Å².